The van der Waals surface area contributed by atoms with Crippen molar-refractivity contribution in [2.45, 2.75) is 37.8 Å². The van der Waals surface area contributed by atoms with Crippen LogP contribution in [0, 0.1) is 5.92 Å². The van der Waals surface area contributed by atoms with Gasteiger partial charge in [-0.3, -0.25) is 14.6 Å². The Kier molecular flexibility index (Phi) is 8.53. The molecule has 0 aliphatic heterocycles. The zero-order chi connectivity index (χ0) is 24.8. The standard InChI is InChI=1S/C22H30N4O6S/c1-16(2)21(22(23)28)26(29,33(30,31)19-9-7-18(32-4)8-10-19)13-11-20(27)25(3)15-17-6-5-12-24-14-17/h5-10,12,14,16,21,29H,11,13,15H2,1-4H3,(H-,23,28)/p+1/t21-,26?/m1/s1. The number of carbonyl (C=O) groups is 2. The molecule has 2 atom stereocenters. The van der Waals surface area contributed by atoms with Gasteiger partial charge in [0.2, 0.25) is 11.9 Å². The molecule has 180 valence electrons. The Morgan fingerprint density at radius 2 is 1.85 bits per heavy atom. The lowest BCUT2D eigenvalue weighted by Crippen LogP contribution is -2.64. The summed E-state index contributed by atoms with van der Waals surface area (Å²) in [6.45, 7) is 2.86. The van der Waals surface area contributed by atoms with Gasteiger partial charge >= 0.3 is 10.0 Å². The van der Waals surface area contributed by atoms with E-state index < -0.39 is 44.4 Å². The van der Waals surface area contributed by atoms with Crippen LogP contribution in [0.25, 0.3) is 0 Å². The number of aromatic nitrogens is 1. The number of quaternary nitrogens is 1. The fraction of sp³-hybridized carbons (Fsp3) is 0.409. The van der Waals surface area contributed by atoms with Gasteiger partial charge in [0.15, 0.2) is 0 Å². The first-order valence-corrected chi connectivity index (χ1v) is 11.8. The fourth-order valence-corrected chi connectivity index (χ4v) is 5.46. The van der Waals surface area contributed by atoms with Crippen LogP contribution in [0.3, 0.4) is 0 Å². The van der Waals surface area contributed by atoms with Gasteiger partial charge in [-0.2, -0.15) is 13.6 Å². The number of ether oxygens (including phenoxy) is 1. The van der Waals surface area contributed by atoms with E-state index in [2.05, 4.69) is 4.98 Å². The quantitative estimate of drug-likeness (QED) is 0.368. The number of sulfonamides is 1. The first kappa shape index (κ1) is 26.2. The summed E-state index contributed by atoms with van der Waals surface area (Å²) in [5.41, 5.74) is 6.30. The monoisotopic (exact) mass is 479 g/mol. The number of hydroxylamine groups is 2. The Morgan fingerprint density at radius 3 is 2.33 bits per heavy atom. The first-order valence-electron chi connectivity index (χ1n) is 10.4. The Morgan fingerprint density at radius 1 is 1.21 bits per heavy atom. The molecule has 0 aliphatic rings. The van der Waals surface area contributed by atoms with Crippen molar-refractivity contribution in [3.63, 3.8) is 0 Å². The highest BCUT2D eigenvalue weighted by Gasteiger charge is 2.53. The largest absolute Gasteiger partial charge is 0.497 e. The predicted molar refractivity (Wildman–Crippen MR) is 120 cm³/mol. The van der Waals surface area contributed by atoms with Gasteiger partial charge in [-0.25, -0.2) is 0 Å². The van der Waals surface area contributed by atoms with Crippen LogP contribution in [0.4, 0.5) is 0 Å². The molecule has 2 rings (SSSR count). The molecule has 1 unspecified atom stereocenters. The molecule has 0 spiro atoms. The van der Waals surface area contributed by atoms with Crippen molar-refractivity contribution in [2.75, 3.05) is 20.7 Å². The van der Waals surface area contributed by atoms with Gasteiger partial charge in [0, 0.05) is 31.9 Å². The van der Waals surface area contributed by atoms with Gasteiger partial charge < -0.3 is 15.4 Å². The van der Waals surface area contributed by atoms with Crippen LogP contribution in [0.15, 0.2) is 53.7 Å². The number of hydrogen-bond acceptors (Lipinski definition) is 7. The van der Waals surface area contributed by atoms with E-state index in [0.29, 0.717) is 5.75 Å². The summed E-state index contributed by atoms with van der Waals surface area (Å²) in [6, 6.07) is 7.45. The van der Waals surface area contributed by atoms with E-state index >= 15 is 0 Å². The second-order valence-corrected chi connectivity index (χ2v) is 10.1. The highest BCUT2D eigenvalue weighted by atomic mass is 32.2. The third-order valence-electron chi connectivity index (χ3n) is 5.35. The molecule has 0 aliphatic carbocycles. The summed E-state index contributed by atoms with van der Waals surface area (Å²) in [6.07, 6.45) is 2.90. The van der Waals surface area contributed by atoms with Crippen LogP contribution >= 0.6 is 0 Å². The zero-order valence-corrected chi connectivity index (χ0v) is 20.0. The van der Waals surface area contributed by atoms with Crippen molar-refractivity contribution in [3.8, 4) is 5.75 Å². The molecule has 0 fully saturated rings. The van der Waals surface area contributed by atoms with Gasteiger partial charge in [-0.1, -0.05) is 24.0 Å². The molecule has 11 heteroatoms. The summed E-state index contributed by atoms with van der Waals surface area (Å²) >= 11 is 0. The summed E-state index contributed by atoms with van der Waals surface area (Å²) < 4.78 is 30.4. The van der Waals surface area contributed by atoms with Crippen molar-refractivity contribution in [2.24, 2.45) is 11.7 Å². The highest BCUT2D eigenvalue weighted by Crippen LogP contribution is 2.30. The van der Waals surface area contributed by atoms with E-state index in [1.54, 1.807) is 45.4 Å². The summed E-state index contributed by atoms with van der Waals surface area (Å²) in [5, 5.41) is 11.5. The summed E-state index contributed by atoms with van der Waals surface area (Å²) in [7, 11) is -1.54. The lowest BCUT2D eigenvalue weighted by atomic mass is 10.0. The van der Waals surface area contributed by atoms with Gasteiger partial charge in [0.25, 0.3) is 5.91 Å². The smallest absolute Gasteiger partial charge is 0.357 e. The number of hydrogen-bond donors (Lipinski definition) is 2. The molecule has 1 heterocycles. The zero-order valence-electron chi connectivity index (χ0n) is 19.2. The van der Waals surface area contributed by atoms with Crippen LogP contribution in [-0.2, 0) is 26.2 Å². The molecule has 33 heavy (non-hydrogen) atoms. The number of nitrogens with two attached hydrogens (primary N) is 1. The van der Waals surface area contributed by atoms with Gasteiger partial charge in [0.05, 0.1) is 13.5 Å². The predicted octanol–water partition coefficient (Wildman–Crippen LogP) is 1.54. The van der Waals surface area contributed by atoms with Crippen molar-refractivity contribution in [1.29, 1.82) is 0 Å². The van der Waals surface area contributed by atoms with E-state index in [9.17, 15) is 23.2 Å². The maximum absolute atomic E-state index is 13.5. The average Bonchev–Trinajstić information content (AvgIpc) is 2.77. The summed E-state index contributed by atoms with van der Waals surface area (Å²) in [5.74, 6) is -1.59. The SMILES string of the molecule is COc1ccc(S(=O)(=O)[N+](O)(CCC(=O)N(C)Cc2cccnc2)[C@@H](C(N)=O)C(C)C)cc1. The third kappa shape index (κ3) is 5.86. The average molecular weight is 480 g/mol. The van der Waals surface area contributed by atoms with Gasteiger partial charge in [0.1, 0.15) is 17.2 Å². The molecular formula is C22H31N4O6S+. The maximum atomic E-state index is 13.5. The lowest BCUT2D eigenvalue weighted by molar-refractivity contribution is -1.02. The van der Waals surface area contributed by atoms with Crippen LogP contribution < -0.4 is 10.5 Å². The molecule has 2 amide bonds. The number of rotatable bonds is 11. The number of methoxy groups -OCH3 is 1. The molecular weight excluding hydrogens is 448 g/mol. The molecule has 0 saturated heterocycles. The molecule has 3 N–H and O–H groups in total. The van der Waals surface area contributed by atoms with E-state index in [-0.39, 0.29) is 17.9 Å². The second kappa shape index (κ2) is 10.7. The Labute approximate surface area is 194 Å². The second-order valence-electron chi connectivity index (χ2n) is 8.08. The van der Waals surface area contributed by atoms with Crippen molar-refractivity contribution in [3.05, 3.63) is 54.4 Å². The number of pyridine rings is 1. The minimum absolute atomic E-state index is 0.228. The summed E-state index contributed by atoms with van der Waals surface area (Å²) in [4.78, 5) is 30.2. The van der Waals surface area contributed by atoms with Crippen molar-refractivity contribution >= 4 is 21.8 Å². The lowest BCUT2D eigenvalue weighted by Gasteiger charge is -2.36. The van der Waals surface area contributed by atoms with Crippen LogP contribution in [0.1, 0.15) is 25.8 Å². The van der Waals surface area contributed by atoms with Crippen molar-refractivity contribution < 1.29 is 32.0 Å². The topological polar surface area (TPSA) is 140 Å². The molecule has 0 saturated carbocycles. The van der Waals surface area contributed by atoms with E-state index in [0.717, 1.165) is 5.56 Å². The maximum Gasteiger partial charge on any atom is 0.357 e. The molecule has 1 aromatic carbocycles. The van der Waals surface area contributed by atoms with E-state index in [1.165, 1.54) is 36.3 Å². The Hall–Kier alpha value is -3.02. The fourth-order valence-electron chi connectivity index (χ4n) is 3.63. The molecule has 2 aromatic rings. The Bertz CT molecular complexity index is 1060. The van der Waals surface area contributed by atoms with E-state index in [4.69, 9.17) is 10.5 Å². The van der Waals surface area contributed by atoms with Crippen LogP contribution in [-0.4, -0.2) is 66.1 Å². The van der Waals surface area contributed by atoms with Gasteiger partial charge in [-0.15, -0.1) is 0 Å². The van der Waals surface area contributed by atoms with Gasteiger partial charge in [-0.05, 0) is 35.9 Å². The minimum atomic E-state index is -4.54. The van der Waals surface area contributed by atoms with Crippen molar-refractivity contribution in [1.82, 2.24) is 9.88 Å². The molecule has 10 nitrogen and oxygen atoms in total. The van der Waals surface area contributed by atoms with Crippen LogP contribution in [0.2, 0.25) is 0 Å². The highest BCUT2D eigenvalue weighted by molar-refractivity contribution is 7.85. The molecule has 0 bridgehead atoms. The minimum Gasteiger partial charge on any atom is -0.497 e. The van der Waals surface area contributed by atoms with E-state index in [1.807, 2.05) is 0 Å². The number of benzene rings is 1. The number of primary amides is 1. The Balaban J connectivity index is 2.36. The number of nitrogens with zero attached hydrogens (tertiary/aromatic N) is 3. The normalized spacial score (nSPS) is 14.4. The molecule has 1 aromatic heterocycles. The number of amides is 2. The number of carbonyl (C=O) groups excluding carboxylic acids is 2. The third-order valence-corrected chi connectivity index (χ3v) is 7.46. The first-order chi connectivity index (χ1) is 15.4. The van der Waals surface area contributed by atoms with Crippen LogP contribution in [0.5, 0.6) is 5.75 Å². The molecule has 0 radical (unpaired) electrons.